The lowest BCUT2D eigenvalue weighted by Crippen LogP contribution is -2.15. The summed E-state index contributed by atoms with van der Waals surface area (Å²) in [6.07, 6.45) is 4.55. The van der Waals surface area contributed by atoms with Crippen molar-refractivity contribution in [2.24, 2.45) is 0 Å². The van der Waals surface area contributed by atoms with E-state index in [2.05, 4.69) is 6.08 Å². The van der Waals surface area contributed by atoms with Gasteiger partial charge in [-0.25, -0.2) is 14.2 Å². The molecule has 0 fully saturated rings. The second-order valence-electron chi connectivity index (χ2n) is 8.40. The van der Waals surface area contributed by atoms with Crippen molar-refractivity contribution in [3.8, 4) is 5.75 Å². The third-order valence-corrected chi connectivity index (χ3v) is 6.59. The molecular weight excluding hydrogens is 465 g/mol. The highest BCUT2D eigenvalue weighted by molar-refractivity contribution is 6.31. The number of carbonyl (C=O) groups excluding carboxylic acids is 1. The fraction of sp³-hybridized carbons (Fsp3) is 0.172. The summed E-state index contributed by atoms with van der Waals surface area (Å²) in [5.74, 6) is -0.221. The molecule has 0 saturated heterocycles. The van der Waals surface area contributed by atoms with E-state index in [9.17, 15) is 9.18 Å². The number of aromatic nitrogens is 1. The lowest BCUT2D eigenvalue weighted by molar-refractivity contribution is 0.0470. The standard InChI is InChI=1S/C29H23ClFNO3/c1-34-20-14-12-18(13-15-20)16-19-6-4-8-22-27(21-7-2-3-11-26(21)32-28(19)22)29(33)35-17-23-24(30)9-5-10-25(23)31/h2-3,5,7,9-16H,4,6,8,17H2,1H3. The van der Waals surface area contributed by atoms with Crippen molar-refractivity contribution in [2.75, 3.05) is 7.11 Å². The largest absolute Gasteiger partial charge is 0.497 e. The third-order valence-electron chi connectivity index (χ3n) is 6.24. The van der Waals surface area contributed by atoms with Gasteiger partial charge in [-0.15, -0.1) is 0 Å². The summed E-state index contributed by atoms with van der Waals surface area (Å²) >= 11 is 6.13. The topological polar surface area (TPSA) is 48.4 Å². The maximum Gasteiger partial charge on any atom is 0.339 e. The summed E-state index contributed by atoms with van der Waals surface area (Å²) in [6.45, 7) is -0.246. The SMILES string of the molecule is COc1ccc(C=C2CCCc3c2nc2ccccc2c3C(=O)OCc2c(F)cccc2Cl)cc1. The molecule has 4 aromatic rings. The summed E-state index contributed by atoms with van der Waals surface area (Å²) in [5, 5.41) is 0.950. The highest BCUT2D eigenvalue weighted by Crippen LogP contribution is 2.37. The van der Waals surface area contributed by atoms with Crippen molar-refractivity contribution in [2.45, 2.75) is 25.9 Å². The zero-order valence-electron chi connectivity index (χ0n) is 19.2. The molecule has 0 spiro atoms. The molecule has 0 N–H and O–H groups in total. The summed E-state index contributed by atoms with van der Waals surface area (Å²) in [5.41, 5.74) is 5.12. The van der Waals surface area contributed by atoms with E-state index in [1.165, 1.54) is 12.1 Å². The third kappa shape index (κ3) is 4.64. The number of esters is 1. The lowest BCUT2D eigenvalue weighted by atomic mass is 9.86. The fourth-order valence-electron chi connectivity index (χ4n) is 4.49. The van der Waals surface area contributed by atoms with Crippen LogP contribution in [0.2, 0.25) is 5.02 Å². The summed E-state index contributed by atoms with van der Waals surface area (Å²) < 4.78 is 25.1. The second-order valence-corrected chi connectivity index (χ2v) is 8.81. The van der Waals surface area contributed by atoms with Crippen LogP contribution in [-0.2, 0) is 17.8 Å². The molecule has 3 aromatic carbocycles. The van der Waals surface area contributed by atoms with Crippen LogP contribution in [0.1, 0.15) is 45.6 Å². The molecule has 5 rings (SSSR count). The van der Waals surface area contributed by atoms with Crippen LogP contribution in [0.3, 0.4) is 0 Å². The van der Waals surface area contributed by atoms with Gasteiger partial charge in [-0.1, -0.05) is 48.0 Å². The zero-order chi connectivity index (χ0) is 24.4. The molecule has 35 heavy (non-hydrogen) atoms. The summed E-state index contributed by atoms with van der Waals surface area (Å²) in [4.78, 5) is 18.3. The number of hydrogen-bond acceptors (Lipinski definition) is 4. The second kappa shape index (κ2) is 9.88. The molecule has 0 atom stereocenters. The number of methoxy groups -OCH3 is 1. The van der Waals surface area contributed by atoms with Crippen molar-refractivity contribution < 1.29 is 18.7 Å². The first-order chi connectivity index (χ1) is 17.0. The molecular formula is C29H23ClFNO3. The van der Waals surface area contributed by atoms with Crippen LogP contribution in [-0.4, -0.2) is 18.1 Å². The van der Waals surface area contributed by atoms with E-state index in [1.807, 2.05) is 48.5 Å². The average molecular weight is 488 g/mol. The van der Waals surface area contributed by atoms with Gasteiger partial charge < -0.3 is 9.47 Å². The van der Waals surface area contributed by atoms with Gasteiger partial charge >= 0.3 is 5.97 Å². The van der Waals surface area contributed by atoms with Crippen molar-refractivity contribution >= 4 is 40.1 Å². The van der Waals surface area contributed by atoms with Gasteiger partial charge in [-0.05, 0) is 72.4 Å². The summed E-state index contributed by atoms with van der Waals surface area (Å²) in [6, 6.07) is 19.7. The number of hydrogen-bond donors (Lipinski definition) is 0. The molecule has 1 aliphatic carbocycles. The van der Waals surface area contributed by atoms with E-state index in [0.29, 0.717) is 17.5 Å². The van der Waals surface area contributed by atoms with E-state index in [0.717, 1.165) is 46.4 Å². The van der Waals surface area contributed by atoms with Crippen LogP contribution >= 0.6 is 11.6 Å². The molecule has 6 heteroatoms. The minimum atomic E-state index is -0.509. The van der Waals surface area contributed by atoms with Crippen LogP contribution < -0.4 is 4.74 Å². The van der Waals surface area contributed by atoms with E-state index >= 15 is 0 Å². The van der Waals surface area contributed by atoms with Crippen LogP contribution in [0.25, 0.3) is 22.6 Å². The Balaban J connectivity index is 1.56. The molecule has 0 radical (unpaired) electrons. The number of fused-ring (bicyclic) bond motifs is 2. The summed E-state index contributed by atoms with van der Waals surface area (Å²) in [7, 11) is 1.64. The number of ether oxygens (including phenoxy) is 2. The Morgan fingerprint density at radius 3 is 2.63 bits per heavy atom. The molecule has 4 nitrogen and oxygen atoms in total. The normalized spacial score (nSPS) is 14.1. The van der Waals surface area contributed by atoms with Gasteiger partial charge in [0.1, 0.15) is 18.2 Å². The van der Waals surface area contributed by atoms with E-state index in [-0.39, 0.29) is 17.2 Å². The highest BCUT2D eigenvalue weighted by Gasteiger charge is 2.26. The molecule has 0 bridgehead atoms. The first-order valence-corrected chi connectivity index (χ1v) is 11.8. The predicted octanol–water partition coefficient (Wildman–Crippen LogP) is 7.27. The fourth-order valence-corrected chi connectivity index (χ4v) is 4.71. The van der Waals surface area contributed by atoms with Gasteiger partial charge in [0, 0.05) is 10.9 Å². The molecule has 176 valence electrons. The van der Waals surface area contributed by atoms with Crippen LogP contribution in [0, 0.1) is 5.82 Å². The number of para-hydroxylation sites is 1. The van der Waals surface area contributed by atoms with Gasteiger partial charge in [0.25, 0.3) is 0 Å². The van der Waals surface area contributed by atoms with Crippen molar-refractivity contribution in [3.05, 3.63) is 106 Å². The molecule has 0 aliphatic heterocycles. The Morgan fingerprint density at radius 2 is 1.86 bits per heavy atom. The maximum absolute atomic E-state index is 14.2. The lowest BCUT2D eigenvalue weighted by Gasteiger charge is -2.22. The van der Waals surface area contributed by atoms with Gasteiger partial charge in [-0.2, -0.15) is 0 Å². The highest BCUT2D eigenvalue weighted by atomic mass is 35.5. The maximum atomic E-state index is 14.2. The number of halogens is 2. The Hall–Kier alpha value is -3.70. The number of pyridine rings is 1. The predicted molar refractivity (Wildman–Crippen MR) is 136 cm³/mol. The van der Waals surface area contributed by atoms with E-state index < -0.39 is 11.8 Å². The smallest absolute Gasteiger partial charge is 0.339 e. The Morgan fingerprint density at radius 1 is 1.06 bits per heavy atom. The molecule has 0 unspecified atom stereocenters. The molecule has 0 saturated carbocycles. The van der Waals surface area contributed by atoms with E-state index in [1.54, 1.807) is 13.2 Å². The number of allylic oxidation sites excluding steroid dienone is 1. The van der Waals surface area contributed by atoms with Crippen LogP contribution in [0.15, 0.2) is 66.7 Å². The van der Waals surface area contributed by atoms with Crippen LogP contribution in [0.5, 0.6) is 5.75 Å². The number of nitrogens with zero attached hydrogens (tertiary/aromatic N) is 1. The molecule has 1 heterocycles. The minimum absolute atomic E-state index is 0.162. The zero-order valence-corrected chi connectivity index (χ0v) is 19.9. The van der Waals surface area contributed by atoms with Crippen LogP contribution in [0.4, 0.5) is 4.39 Å². The number of benzene rings is 3. The Kier molecular flexibility index (Phi) is 6.51. The van der Waals surface area contributed by atoms with E-state index in [4.69, 9.17) is 26.1 Å². The average Bonchev–Trinajstić information content (AvgIpc) is 2.87. The minimum Gasteiger partial charge on any atom is -0.497 e. The Labute approximate surface area is 208 Å². The van der Waals surface area contributed by atoms with Gasteiger partial charge in [0.05, 0.1) is 28.9 Å². The van der Waals surface area contributed by atoms with Gasteiger partial charge in [0.15, 0.2) is 0 Å². The first kappa shape index (κ1) is 23.1. The van der Waals surface area contributed by atoms with Gasteiger partial charge in [0.2, 0.25) is 0 Å². The Bertz CT molecular complexity index is 1430. The van der Waals surface area contributed by atoms with Crippen molar-refractivity contribution in [1.82, 2.24) is 4.98 Å². The quantitative estimate of drug-likeness (QED) is 0.278. The number of carbonyl (C=O) groups is 1. The monoisotopic (exact) mass is 487 g/mol. The first-order valence-electron chi connectivity index (χ1n) is 11.4. The van der Waals surface area contributed by atoms with Crippen molar-refractivity contribution in [3.63, 3.8) is 0 Å². The van der Waals surface area contributed by atoms with Crippen molar-refractivity contribution in [1.29, 1.82) is 0 Å². The van der Waals surface area contributed by atoms with Gasteiger partial charge in [-0.3, -0.25) is 0 Å². The molecule has 1 aliphatic rings. The number of rotatable bonds is 5. The molecule has 1 aromatic heterocycles. The molecule has 0 amide bonds.